The second-order valence-corrected chi connectivity index (χ2v) is 3.85. The van der Waals surface area contributed by atoms with Crippen LogP contribution in [0.4, 0.5) is 4.79 Å². The number of amides is 4. The van der Waals surface area contributed by atoms with Crippen LogP contribution in [-0.2, 0) is 9.59 Å². The van der Waals surface area contributed by atoms with Crippen LogP contribution in [0.1, 0.15) is 0 Å². The van der Waals surface area contributed by atoms with Gasteiger partial charge in [-0.3, -0.25) is 20.2 Å². The molecule has 1 rings (SSSR count). The van der Waals surface area contributed by atoms with Gasteiger partial charge in [0.2, 0.25) is 5.54 Å². The highest BCUT2D eigenvalue weighted by Gasteiger charge is 2.38. The lowest BCUT2D eigenvalue weighted by atomic mass is 10.0. The number of aliphatic hydroxyl groups excluding tert-OH is 3. The molecule has 6 N–H and O–H groups in total. The summed E-state index contributed by atoms with van der Waals surface area (Å²) in [4.78, 5) is 35.9. The molecular formula is C9H14N3O6+. The Labute approximate surface area is 102 Å². The molecule has 0 radical (unpaired) electrons. The average molecular weight is 260 g/mol. The van der Waals surface area contributed by atoms with E-state index in [-0.39, 0.29) is 0 Å². The van der Waals surface area contributed by atoms with Crippen LogP contribution < -0.4 is 15.6 Å². The van der Waals surface area contributed by atoms with Gasteiger partial charge in [0.1, 0.15) is 19.8 Å². The number of hydrogen-bond donors (Lipinski definition) is 6. The van der Waals surface area contributed by atoms with Crippen LogP contribution in [0.5, 0.6) is 0 Å². The van der Waals surface area contributed by atoms with Crippen molar-refractivity contribution < 1.29 is 34.7 Å². The van der Waals surface area contributed by atoms with Crippen LogP contribution in [0, 0.1) is 5.92 Å². The second-order valence-electron chi connectivity index (χ2n) is 3.85. The van der Waals surface area contributed by atoms with Gasteiger partial charge in [-0.05, 0) is 0 Å². The first-order chi connectivity index (χ1) is 8.48. The summed E-state index contributed by atoms with van der Waals surface area (Å²) in [6, 6.07) is -0.910. The van der Waals surface area contributed by atoms with Crippen LogP contribution >= 0.6 is 0 Å². The molecule has 1 heterocycles. The standard InChI is InChI=1S/C9H13N3O6/c13-2-9(3-14,4-15)10-1-5-6(16)11-8(18)12-7(5)17/h1,5,13-15H,2-4H2,(H2,11,12,16,17,18)/p+1. The van der Waals surface area contributed by atoms with Crippen LogP contribution in [0.2, 0.25) is 0 Å². The van der Waals surface area contributed by atoms with Crippen LogP contribution in [0.15, 0.2) is 0 Å². The van der Waals surface area contributed by atoms with Crippen molar-refractivity contribution in [1.29, 1.82) is 0 Å². The molecule has 0 atom stereocenters. The molecule has 9 nitrogen and oxygen atoms in total. The Hall–Kier alpha value is -1.84. The third kappa shape index (κ3) is 2.88. The van der Waals surface area contributed by atoms with Crippen molar-refractivity contribution in [1.82, 2.24) is 10.6 Å². The molecule has 1 saturated heterocycles. The number of hydrogen-bond acceptors (Lipinski definition) is 6. The van der Waals surface area contributed by atoms with E-state index in [9.17, 15) is 14.4 Å². The van der Waals surface area contributed by atoms with Gasteiger partial charge in [-0.1, -0.05) is 0 Å². The van der Waals surface area contributed by atoms with E-state index in [2.05, 4.69) is 4.99 Å². The highest BCUT2D eigenvalue weighted by Crippen LogP contribution is 1.97. The Bertz CT molecular complexity index is 361. The molecular weight excluding hydrogens is 246 g/mol. The van der Waals surface area contributed by atoms with Crippen molar-refractivity contribution in [2.24, 2.45) is 5.92 Å². The minimum absolute atomic E-state index is 0.606. The Morgan fingerprint density at radius 3 is 1.89 bits per heavy atom. The SMILES string of the molecule is O=C1NC(=O)C(C=[NH+]C(CO)(CO)CO)C(=O)N1. The molecule has 1 aliphatic heterocycles. The maximum atomic E-state index is 11.3. The summed E-state index contributed by atoms with van der Waals surface area (Å²) in [7, 11) is 0. The highest BCUT2D eigenvalue weighted by molar-refractivity contribution is 6.22. The first-order valence-electron chi connectivity index (χ1n) is 5.07. The van der Waals surface area contributed by atoms with E-state index in [1.54, 1.807) is 0 Å². The van der Waals surface area contributed by atoms with E-state index >= 15 is 0 Å². The molecule has 1 aliphatic rings. The summed E-state index contributed by atoms with van der Waals surface area (Å²) in [5.74, 6) is -2.97. The van der Waals surface area contributed by atoms with E-state index in [4.69, 9.17) is 15.3 Å². The van der Waals surface area contributed by atoms with Crippen LogP contribution in [0.25, 0.3) is 0 Å². The van der Waals surface area contributed by atoms with Crippen molar-refractivity contribution >= 4 is 24.1 Å². The number of rotatable bonds is 5. The van der Waals surface area contributed by atoms with E-state index in [0.29, 0.717) is 0 Å². The normalized spacial score (nSPS) is 18.1. The molecule has 100 valence electrons. The fourth-order valence-corrected chi connectivity index (χ4v) is 1.23. The minimum atomic E-state index is -1.44. The zero-order chi connectivity index (χ0) is 13.8. The number of aliphatic hydroxyl groups is 3. The Morgan fingerprint density at radius 1 is 1.06 bits per heavy atom. The van der Waals surface area contributed by atoms with E-state index in [0.717, 1.165) is 6.21 Å². The van der Waals surface area contributed by atoms with Crippen molar-refractivity contribution in [3.05, 3.63) is 0 Å². The Morgan fingerprint density at radius 2 is 1.50 bits per heavy atom. The van der Waals surface area contributed by atoms with E-state index in [1.807, 2.05) is 10.6 Å². The van der Waals surface area contributed by atoms with Crippen molar-refractivity contribution in [2.45, 2.75) is 5.54 Å². The third-order valence-electron chi connectivity index (χ3n) is 2.50. The molecule has 0 aromatic carbocycles. The fraction of sp³-hybridized carbons (Fsp3) is 0.556. The average Bonchev–Trinajstić information content (AvgIpc) is 2.33. The summed E-state index contributed by atoms with van der Waals surface area (Å²) < 4.78 is 0. The summed E-state index contributed by atoms with van der Waals surface area (Å²) in [5.41, 5.74) is -1.44. The first kappa shape index (κ1) is 14.2. The lowest BCUT2D eigenvalue weighted by Gasteiger charge is -2.19. The summed E-state index contributed by atoms with van der Waals surface area (Å²) in [6.45, 7) is -1.82. The smallest absolute Gasteiger partial charge is 0.328 e. The molecule has 0 unspecified atom stereocenters. The number of nitrogens with one attached hydrogen (secondary N) is 3. The first-order valence-corrected chi connectivity index (χ1v) is 5.07. The quantitative estimate of drug-likeness (QED) is 0.215. The zero-order valence-corrected chi connectivity index (χ0v) is 9.34. The second kappa shape index (κ2) is 5.67. The summed E-state index contributed by atoms with van der Waals surface area (Å²) >= 11 is 0. The molecule has 0 spiro atoms. The monoisotopic (exact) mass is 260 g/mol. The van der Waals surface area contributed by atoms with Gasteiger partial charge in [-0.15, -0.1) is 0 Å². The van der Waals surface area contributed by atoms with Crippen molar-refractivity contribution in [3.8, 4) is 0 Å². The predicted molar refractivity (Wildman–Crippen MR) is 56.2 cm³/mol. The fourth-order valence-electron chi connectivity index (χ4n) is 1.23. The highest BCUT2D eigenvalue weighted by atomic mass is 16.3. The Kier molecular flexibility index (Phi) is 4.48. The zero-order valence-electron chi connectivity index (χ0n) is 9.34. The molecule has 9 heteroatoms. The van der Waals surface area contributed by atoms with Crippen LogP contribution in [-0.4, -0.2) is 64.7 Å². The van der Waals surface area contributed by atoms with Gasteiger partial charge < -0.3 is 15.3 Å². The number of carbonyl (C=O) groups is 3. The summed E-state index contributed by atoms with van der Waals surface area (Å²) in [6.07, 6.45) is 1.000. The molecule has 0 saturated carbocycles. The molecule has 0 aliphatic carbocycles. The molecule has 1 fully saturated rings. The molecule has 0 bridgehead atoms. The molecule has 4 amide bonds. The number of carbonyl (C=O) groups excluding carboxylic acids is 3. The predicted octanol–water partition coefficient (Wildman–Crippen LogP) is -5.16. The van der Waals surface area contributed by atoms with Crippen LogP contribution in [0.3, 0.4) is 0 Å². The van der Waals surface area contributed by atoms with Gasteiger partial charge in [0.15, 0.2) is 12.1 Å². The lowest BCUT2D eigenvalue weighted by Crippen LogP contribution is -2.90. The van der Waals surface area contributed by atoms with Gasteiger partial charge >= 0.3 is 6.03 Å². The molecule has 0 aromatic heterocycles. The number of urea groups is 1. The van der Waals surface area contributed by atoms with Gasteiger partial charge in [0.25, 0.3) is 11.8 Å². The van der Waals surface area contributed by atoms with Gasteiger partial charge in [0, 0.05) is 0 Å². The van der Waals surface area contributed by atoms with E-state index < -0.39 is 49.1 Å². The third-order valence-corrected chi connectivity index (χ3v) is 2.50. The Balaban J connectivity index is 2.85. The summed E-state index contributed by atoms with van der Waals surface area (Å²) in [5, 5.41) is 30.8. The maximum Gasteiger partial charge on any atom is 0.328 e. The largest absolute Gasteiger partial charge is 0.389 e. The maximum absolute atomic E-state index is 11.3. The van der Waals surface area contributed by atoms with Gasteiger partial charge in [0.05, 0.1) is 0 Å². The topological polar surface area (TPSA) is 150 Å². The molecule has 0 aromatic rings. The number of imide groups is 2. The molecule has 18 heavy (non-hydrogen) atoms. The van der Waals surface area contributed by atoms with Crippen molar-refractivity contribution in [3.63, 3.8) is 0 Å². The van der Waals surface area contributed by atoms with Gasteiger partial charge in [-0.25, -0.2) is 9.79 Å². The van der Waals surface area contributed by atoms with E-state index in [1.165, 1.54) is 0 Å². The van der Waals surface area contributed by atoms with Gasteiger partial charge in [-0.2, -0.15) is 0 Å². The number of barbiturate groups is 1. The minimum Gasteiger partial charge on any atom is -0.389 e. The lowest BCUT2D eigenvalue weighted by molar-refractivity contribution is -0.563. The van der Waals surface area contributed by atoms with Crippen molar-refractivity contribution in [2.75, 3.05) is 19.8 Å².